The summed E-state index contributed by atoms with van der Waals surface area (Å²) in [4.78, 5) is 4.31. The number of benzene rings is 1. The molecule has 0 aliphatic rings. The highest BCUT2D eigenvalue weighted by molar-refractivity contribution is 7.83. The molecule has 7 heteroatoms. The average molecular weight is 317 g/mol. The average Bonchev–Trinajstić information content (AvgIpc) is 3.09. The Hall–Kier alpha value is -2.28. The van der Waals surface area contributed by atoms with Crippen LogP contribution in [-0.2, 0) is 22.3 Å². The zero-order chi connectivity index (χ0) is 15.5. The van der Waals surface area contributed by atoms with Crippen molar-refractivity contribution in [2.45, 2.75) is 25.4 Å². The van der Waals surface area contributed by atoms with Crippen LogP contribution in [0.25, 0.3) is 11.4 Å². The Morgan fingerprint density at radius 2 is 1.91 bits per heavy atom. The minimum Gasteiger partial charge on any atom is -0.361 e. The van der Waals surface area contributed by atoms with E-state index >= 15 is 0 Å². The molecular weight excluding hydrogens is 302 g/mol. The molecule has 114 valence electrons. The minimum absolute atomic E-state index is 0.199. The second-order valence-electron chi connectivity index (χ2n) is 4.98. The third-order valence-electron chi connectivity index (χ3n) is 3.12. The molecule has 0 amide bonds. The lowest BCUT2D eigenvalue weighted by molar-refractivity contribution is 0.389. The molecule has 3 rings (SSSR count). The van der Waals surface area contributed by atoms with E-state index in [9.17, 15) is 4.21 Å². The lowest BCUT2D eigenvalue weighted by atomic mass is 10.1. The molecule has 0 aliphatic carbocycles. The van der Waals surface area contributed by atoms with Crippen LogP contribution >= 0.6 is 0 Å². The van der Waals surface area contributed by atoms with E-state index in [0.717, 1.165) is 11.1 Å². The summed E-state index contributed by atoms with van der Waals surface area (Å²) in [7, 11) is -1.18. The number of aromatic nitrogens is 3. The SMILES string of the molecule is Cc1cc(C[S@@](=O)Cc2nc(-c3ccccc3C)no2)no1. The maximum absolute atomic E-state index is 12.1. The molecule has 3 aromatic rings. The van der Waals surface area contributed by atoms with Crippen LogP contribution in [0.1, 0.15) is 22.9 Å². The fourth-order valence-electron chi connectivity index (χ4n) is 2.09. The zero-order valence-electron chi connectivity index (χ0n) is 12.3. The summed E-state index contributed by atoms with van der Waals surface area (Å²) in [6.45, 7) is 3.78. The van der Waals surface area contributed by atoms with Gasteiger partial charge in [-0.3, -0.25) is 4.21 Å². The molecule has 0 N–H and O–H groups in total. The van der Waals surface area contributed by atoms with E-state index in [0.29, 0.717) is 28.9 Å². The molecule has 0 radical (unpaired) electrons. The Morgan fingerprint density at radius 3 is 2.64 bits per heavy atom. The predicted molar refractivity (Wildman–Crippen MR) is 81.3 cm³/mol. The second kappa shape index (κ2) is 6.23. The van der Waals surface area contributed by atoms with Crippen LogP contribution in [0.5, 0.6) is 0 Å². The van der Waals surface area contributed by atoms with Gasteiger partial charge in [0.15, 0.2) is 0 Å². The van der Waals surface area contributed by atoms with Crippen molar-refractivity contribution >= 4 is 10.8 Å². The number of aryl methyl sites for hydroxylation is 2. The van der Waals surface area contributed by atoms with Gasteiger partial charge in [-0.15, -0.1) is 0 Å². The van der Waals surface area contributed by atoms with Gasteiger partial charge in [-0.2, -0.15) is 4.98 Å². The van der Waals surface area contributed by atoms with Gasteiger partial charge in [0.25, 0.3) is 0 Å². The highest BCUT2D eigenvalue weighted by Crippen LogP contribution is 2.20. The predicted octanol–water partition coefficient (Wildman–Crippen LogP) is 2.79. The zero-order valence-corrected chi connectivity index (χ0v) is 13.1. The Morgan fingerprint density at radius 1 is 1.09 bits per heavy atom. The number of nitrogens with zero attached hydrogens (tertiary/aromatic N) is 3. The summed E-state index contributed by atoms with van der Waals surface area (Å²) < 4.78 is 22.2. The van der Waals surface area contributed by atoms with Gasteiger partial charge in [-0.25, -0.2) is 0 Å². The van der Waals surface area contributed by atoms with E-state index in [2.05, 4.69) is 15.3 Å². The molecule has 0 saturated carbocycles. The first-order valence-electron chi connectivity index (χ1n) is 6.77. The third kappa shape index (κ3) is 3.30. The number of rotatable bonds is 5. The van der Waals surface area contributed by atoms with E-state index in [1.54, 1.807) is 13.0 Å². The van der Waals surface area contributed by atoms with E-state index < -0.39 is 10.8 Å². The molecule has 0 aliphatic heterocycles. The van der Waals surface area contributed by atoms with Crippen molar-refractivity contribution < 1.29 is 13.3 Å². The standard InChI is InChI=1S/C15H15N3O3S/c1-10-5-3-4-6-13(10)15-16-14(21-18-15)9-22(19)8-12-7-11(2)20-17-12/h3-7H,8-9H2,1-2H3/t22-/m1/s1. The van der Waals surface area contributed by atoms with Crippen LogP contribution in [0, 0.1) is 13.8 Å². The molecule has 1 atom stereocenters. The largest absolute Gasteiger partial charge is 0.361 e. The Labute approximate surface area is 130 Å². The molecule has 22 heavy (non-hydrogen) atoms. The fraction of sp³-hybridized carbons (Fsp3) is 0.267. The summed E-state index contributed by atoms with van der Waals surface area (Å²) in [5.74, 6) is 2.08. The molecule has 1 aromatic carbocycles. The molecule has 6 nitrogen and oxygen atoms in total. The summed E-state index contributed by atoms with van der Waals surface area (Å²) in [5, 5.41) is 7.78. The fourth-order valence-corrected chi connectivity index (χ4v) is 3.05. The monoisotopic (exact) mass is 317 g/mol. The highest BCUT2D eigenvalue weighted by Gasteiger charge is 2.14. The Kier molecular flexibility index (Phi) is 4.15. The number of hydrogen-bond donors (Lipinski definition) is 0. The van der Waals surface area contributed by atoms with E-state index in [1.165, 1.54) is 0 Å². The smallest absolute Gasteiger partial charge is 0.239 e. The van der Waals surface area contributed by atoms with Crippen molar-refractivity contribution in [2.24, 2.45) is 0 Å². The van der Waals surface area contributed by atoms with Crippen LogP contribution in [0.3, 0.4) is 0 Å². The topological polar surface area (TPSA) is 82.0 Å². The van der Waals surface area contributed by atoms with Gasteiger partial charge in [-0.05, 0) is 19.4 Å². The van der Waals surface area contributed by atoms with Crippen LogP contribution in [0.2, 0.25) is 0 Å². The summed E-state index contributed by atoms with van der Waals surface area (Å²) in [6.07, 6.45) is 0. The van der Waals surface area contributed by atoms with Gasteiger partial charge < -0.3 is 9.05 Å². The molecule has 0 bridgehead atoms. The van der Waals surface area contributed by atoms with Crippen molar-refractivity contribution in [3.8, 4) is 11.4 Å². The number of hydrogen-bond acceptors (Lipinski definition) is 6. The Bertz CT molecular complexity index is 810. The summed E-state index contributed by atoms with van der Waals surface area (Å²) in [6, 6.07) is 9.55. The maximum atomic E-state index is 12.1. The van der Waals surface area contributed by atoms with Crippen molar-refractivity contribution in [1.82, 2.24) is 15.3 Å². The van der Waals surface area contributed by atoms with Gasteiger partial charge in [0, 0.05) is 22.4 Å². The summed E-state index contributed by atoms with van der Waals surface area (Å²) >= 11 is 0. The highest BCUT2D eigenvalue weighted by atomic mass is 32.2. The molecule has 0 saturated heterocycles. The van der Waals surface area contributed by atoms with Crippen LogP contribution in [0.15, 0.2) is 39.4 Å². The first-order valence-corrected chi connectivity index (χ1v) is 8.26. The van der Waals surface area contributed by atoms with E-state index in [4.69, 9.17) is 9.05 Å². The first kappa shape index (κ1) is 14.6. The van der Waals surface area contributed by atoms with Gasteiger partial charge in [0.2, 0.25) is 11.7 Å². The molecule has 0 spiro atoms. The van der Waals surface area contributed by atoms with Gasteiger partial charge in [-0.1, -0.05) is 34.6 Å². The van der Waals surface area contributed by atoms with Crippen LogP contribution in [0.4, 0.5) is 0 Å². The van der Waals surface area contributed by atoms with Crippen molar-refractivity contribution in [2.75, 3.05) is 0 Å². The molecular formula is C15H15N3O3S. The summed E-state index contributed by atoms with van der Waals surface area (Å²) in [5.41, 5.74) is 2.64. The molecule has 0 unspecified atom stereocenters. The molecule has 2 aromatic heterocycles. The van der Waals surface area contributed by atoms with Gasteiger partial charge in [0.05, 0.1) is 11.4 Å². The van der Waals surface area contributed by atoms with E-state index in [-0.39, 0.29) is 5.75 Å². The van der Waals surface area contributed by atoms with Crippen molar-refractivity contribution in [3.63, 3.8) is 0 Å². The van der Waals surface area contributed by atoms with Crippen LogP contribution < -0.4 is 0 Å². The molecule has 2 heterocycles. The van der Waals surface area contributed by atoms with Gasteiger partial charge in [0.1, 0.15) is 11.5 Å². The minimum atomic E-state index is -1.18. The maximum Gasteiger partial charge on any atom is 0.239 e. The third-order valence-corrected chi connectivity index (χ3v) is 4.31. The lowest BCUT2D eigenvalue weighted by Gasteiger charge is -1.98. The van der Waals surface area contributed by atoms with E-state index in [1.807, 2.05) is 31.2 Å². The van der Waals surface area contributed by atoms with Crippen molar-refractivity contribution in [1.29, 1.82) is 0 Å². The lowest BCUT2D eigenvalue weighted by Crippen LogP contribution is -2.00. The first-order chi connectivity index (χ1) is 10.6. The molecule has 0 fully saturated rings. The van der Waals surface area contributed by atoms with Gasteiger partial charge >= 0.3 is 0 Å². The quantitative estimate of drug-likeness (QED) is 0.719. The van der Waals surface area contributed by atoms with Crippen LogP contribution in [-0.4, -0.2) is 19.5 Å². The second-order valence-corrected chi connectivity index (χ2v) is 6.44. The normalized spacial score (nSPS) is 12.5. The van der Waals surface area contributed by atoms with Crippen molar-refractivity contribution in [3.05, 3.63) is 53.2 Å². The Balaban J connectivity index is 1.69.